The fourth-order valence-corrected chi connectivity index (χ4v) is 2.40. The zero-order chi connectivity index (χ0) is 13.0. The summed E-state index contributed by atoms with van der Waals surface area (Å²) >= 11 is 0. The fraction of sp³-hybridized carbons (Fsp3) is 0.533. The molecule has 1 aliphatic rings. The van der Waals surface area contributed by atoms with Crippen molar-refractivity contribution < 1.29 is 9.53 Å². The quantitative estimate of drug-likeness (QED) is 0.822. The molecule has 0 N–H and O–H groups in total. The van der Waals surface area contributed by atoms with E-state index in [1.807, 2.05) is 23.1 Å². The molecule has 1 amide bonds. The lowest BCUT2D eigenvalue weighted by Gasteiger charge is -2.32. The maximum Gasteiger partial charge on any atom is 0.219 e. The van der Waals surface area contributed by atoms with Crippen LogP contribution in [0.5, 0.6) is 0 Å². The number of piperidine rings is 1. The van der Waals surface area contributed by atoms with E-state index >= 15 is 0 Å². The second-order valence-electron chi connectivity index (χ2n) is 4.89. The number of benzene rings is 1. The second kappa shape index (κ2) is 6.01. The molecule has 0 saturated carbocycles. The summed E-state index contributed by atoms with van der Waals surface area (Å²) in [5, 5.41) is 0. The van der Waals surface area contributed by atoms with Crippen LogP contribution < -0.4 is 0 Å². The Morgan fingerprint density at radius 3 is 2.44 bits per heavy atom. The van der Waals surface area contributed by atoms with Crippen LogP contribution >= 0.6 is 0 Å². The number of amides is 1. The highest BCUT2D eigenvalue weighted by Crippen LogP contribution is 2.23. The molecule has 1 saturated heterocycles. The Kier molecular flexibility index (Phi) is 4.37. The van der Waals surface area contributed by atoms with Gasteiger partial charge in [0, 0.05) is 20.0 Å². The van der Waals surface area contributed by atoms with Gasteiger partial charge in [-0.15, -0.1) is 0 Å². The highest BCUT2D eigenvalue weighted by Gasteiger charge is 2.22. The van der Waals surface area contributed by atoms with Gasteiger partial charge in [-0.1, -0.05) is 30.3 Å². The van der Waals surface area contributed by atoms with Crippen LogP contribution in [-0.2, 0) is 9.53 Å². The maximum absolute atomic E-state index is 11.2. The van der Waals surface area contributed by atoms with Gasteiger partial charge in [-0.2, -0.15) is 0 Å². The van der Waals surface area contributed by atoms with Crippen LogP contribution in [0.25, 0.3) is 0 Å². The summed E-state index contributed by atoms with van der Waals surface area (Å²) in [6, 6.07) is 10.3. The first-order valence-corrected chi connectivity index (χ1v) is 6.62. The van der Waals surface area contributed by atoms with Crippen molar-refractivity contribution in [3.05, 3.63) is 35.9 Å². The predicted octanol–water partition coefficient (Wildman–Crippen LogP) is 2.78. The minimum Gasteiger partial charge on any atom is -0.370 e. The monoisotopic (exact) mass is 247 g/mol. The van der Waals surface area contributed by atoms with Crippen molar-refractivity contribution in [1.82, 2.24) is 4.90 Å². The minimum atomic E-state index is 0.125. The smallest absolute Gasteiger partial charge is 0.219 e. The van der Waals surface area contributed by atoms with Crippen LogP contribution in [0.3, 0.4) is 0 Å². The van der Waals surface area contributed by atoms with Crippen molar-refractivity contribution in [3.8, 4) is 0 Å². The van der Waals surface area contributed by atoms with Gasteiger partial charge in [-0.25, -0.2) is 0 Å². The van der Waals surface area contributed by atoms with Gasteiger partial charge < -0.3 is 9.64 Å². The van der Waals surface area contributed by atoms with E-state index in [0.717, 1.165) is 25.9 Å². The summed E-state index contributed by atoms with van der Waals surface area (Å²) in [6.07, 6.45) is 2.28. The first kappa shape index (κ1) is 13.1. The summed E-state index contributed by atoms with van der Waals surface area (Å²) in [4.78, 5) is 13.1. The first-order valence-electron chi connectivity index (χ1n) is 6.62. The maximum atomic E-state index is 11.2. The lowest BCUT2D eigenvalue weighted by molar-refractivity contribution is -0.132. The lowest BCUT2D eigenvalue weighted by atomic mass is 10.1. The standard InChI is InChI=1S/C15H21NO2/c1-12(14-6-4-3-5-7-14)18-15-8-10-16(11-9-15)13(2)17/h3-7,12,15H,8-11H2,1-2H3. The fourth-order valence-electron chi connectivity index (χ4n) is 2.40. The molecular formula is C15H21NO2. The molecule has 98 valence electrons. The molecular weight excluding hydrogens is 226 g/mol. The molecule has 0 spiro atoms. The molecule has 3 nitrogen and oxygen atoms in total. The van der Waals surface area contributed by atoms with Crippen LogP contribution in [0.2, 0.25) is 0 Å². The van der Waals surface area contributed by atoms with Crippen LogP contribution in [0.15, 0.2) is 30.3 Å². The van der Waals surface area contributed by atoms with E-state index in [1.54, 1.807) is 6.92 Å². The number of ether oxygens (including phenoxy) is 1. The first-order chi connectivity index (χ1) is 8.66. The van der Waals surface area contributed by atoms with E-state index in [2.05, 4.69) is 19.1 Å². The van der Waals surface area contributed by atoms with E-state index in [-0.39, 0.29) is 18.1 Å². The highest BCUT2D eigenvalue weighted by atomic mass is 16.5. The third-order valence-electron chi connectivity index (χ3n) is 3.55. The van der Waals surface area contributed by atoms with E-state index < -0.39 is 0 Å². The number of rotatable bonds is 3. The van der Waals surface area contributed by atoms with Crippen molar-refractivity contribution in [2.45, 2.75) is 38.9 Å². The van der Waals surface area contributed by atoms with Gasteiger partial charge in [0.05, 0.1) is 12.2 Å². The summed E-state index contributed by atoms with van der Waals surface area (Å²) in [5.41, 5.74) is 1.21. The highest BCUT2D eigenvalue weighted by molar-refractivity contribution is 5.73. The SMILES string of the molecule is CC(=O)N1CCC(OC(C)c2ccccc2)CC1. The molecule has 1 aromatic carbocycles. The Labute approximate surface area is 109 Å². The van der Waals surface area contributed by atoms with Crippen molar-refractivity contribution in [2.24, 2.45) is 0 Å². The minimum absolute atomic E-state index is 0.125. The molecule has 1 fully saturated rings. The normalized spacial score (nSPS) is 18.7. The van der Waals surface area contributed by atoms with Crippen LogP contribution in [0, 0.1) is 0 Å². The number of likely N-dealkylation sites (tertiary alicyclic amines) is 1. The Bertz CT molecular complexity index is 383. The van der Waals surface area contributed by atoms with Crippen molar-refractivity contribution in [3.63, 3.8) is 0 Å². The third-order valence-corrected chi connectivity index (χ3v) is 3.55. The van der Waals surface area contributed by atoms with Crippen LogP contribution in [0.1, 0.15) is 38.4 Å². The number of hydrogen-bond acceptors (Lipinski definition) is 2. The van der Waals surface area contributed by atoms with E-state index in [0.29, 0.717) is 0 Å². The molecule has 1 aromatic rings. The van der Waals surface area contributed by atoms with E-state index in [1.165, 1.54) is 5.56 Å². The Hall–Kier alpha value is -1.35. The molecule has 1 unspecified atom stereocenters. The number of nitrogens with zero attached hydrogens (tertiary/aromatic N) is 1. The van der Waals surface area contributed by atoms with E-state index in [4.69, 9.17) is 4.74 Å². The average molecular weight is 247 g/mol. The molecule has 3 heteroatoms. The average Bonchev–Trinajstić information content (AvgIpc) is 2.40. The van der Waals surface area contributed by atoms with E-state index in [9.17, 15) is 4.79 Å². The predicted molar refractivity (Wildman–Crippen MR) is 71.2 cm³/mol. The third kappa shape index (κ3) is 3.33. The Morgan fingerprint density at radius 1 is 1.28 bits per heavy atom. The number of carbonyl (C=O) groups excluding carboxylic acids is 1. The summed E-state index contributed by atoms with van der Waals surface area (Å²) in [7, 11) is 0. The van der Waals surface area contributed by atoms with Gasteiger partial charge in [-0.3, -0.25) is 4.79 Å². The lowest BCUT2D eigenvalue weighted by Crippen LogP contribution is -2.39. The van der Waals surface area contributed by atoms with Crippen molar-refractivity contribution >= 4 is 5.91 Å². The molecule has 0 aromatic heterocycles. The molecule has 1 aliphatic heterocycles. The van der Waals surface area contributed by atoms with Crippen LogP contribution in [-0.4, -0.2) is 30.0 Å². The summed E-state index contributed by atoms with van der Waals surface area (Å²) in [5.74, 6) is 0.171. The van der Waals surface area contributed by atoms with Gasteiger partial charge in [0.25, 0.3) is 0 Å². The molecule has 0 aliphatic carbocycles. The largest absolute Gasteiger partial charge is 0.370 e. The van der Waals surface area contributed by atoms with Crippen molar-refractivity contribution in [1.29, 1.82) is 0 Å². The molecule has 1 heterocycles. The second-order valence-corrected chi connectivity index (χ2v) is 4.89. The summed E-state index contributed by atoms with van der Waals surface area (Å²) in [6.45, 7) is 5.36. The molecule has 0 bridgehead atoms. The van der Waals surface area contributed by atoms with Crippen molar-refractivity contribution in [2.75, 3.05) is 13.1 Å². The van der Waals surface area contributed by atoms with Gasteiger partial charge in [-0.05, 0) is 25.3 Å². The van der Waals surface area contributed by atoms with Gasteiger partial charge >= 0.3 is 0 Å². The zero-order valence-electron chi connectivity index (χ0n) is 11.1. The Balaban J connectivity index is 1.83. The number of carbonyl (C=O) groups is 1. The van der Waals surface area contributed by atoms with Gasteiger partial charge in [0.1, 0.15) is 0 Å². The van der Waals surface area contributed by atoms with Gasteiger partial charge in [0.2, 0.25) is 5.91 Å². The topological polar surface area (TPSA) is 29.5 Å². The molecule has 0 radical (unpaired) electrons. The molecule has 18 heavy (non-hydrogen) atoms. The number of hydrogen-bond donors (Lipinski definition) is 0. The zero-order valence-corrected chi connectivity index (χ0v) is 11.1. The molecule has 1 atom stereocenters. The van der Waals surface area contributed by atoms with Crippen LogP contribution in [0.4, 0.5) is 0 Å². The Morgan fingerprint density at radius 2 is 1.89 bits per heavy atom. The summed E-state index contributed by atoms with van der Waals surface area (Å²) < 4.78 is 6.07. The molecule has 2 rings (SSSR count). The van der Waals surface area contributed by atoms with Gasteiger partial charge in [0.15, 0.2) is 0 Å².